The maximum absolute atomic E-state index is 2.61. The Balaban J connectivity index is 0.000000162. The molecule has 0 heterocycles. The second-order valence-corrected chi connectivity index (χ2v) is 32.8. The first-order chi connectivity index (χ1) is 59.8. The van der Waals surface area contributed by atoms with Gasteiger partial charge in [-0.05, 0) is 283 Å². The fourth-order valence-electron chi connectivity index (χ4n) is 19.9. The molecule has 0 aliphatic heterocycles. The molecule has 20 aromatic carbocycles. The molecule has 20 aromatic rings. The molecule has 0 saturated heterocycles. The number of anilines is 9. The highest BCUT2D eigenvalue weighted by molar-refractivity contribution is 6.26. The molecule has 0 spiro atoms. The van der Waals surface area contributed by atoms with Crippen molar-refractivity contribution in [2.45, 2.75) is 39.0 Å². The molecule has 3 unspecified atom stereocenters. The molecule has 0 aromatic heterocycles. The molecule has 121 heavy (non-hydrogen) atoms. The number of nitrogens with zero attached hydrogens (tertiary/aromatic N) is 3. The molecule has 576 valence electrons. The average molecular weight is 1550 g/mol. The van der Waals surface area contributed by atoms with Crippen molar-refractivity contribution >= 4 is 105 Å². The highest BCUT2D eigenvalue weighted by atomic mass is 15.2. The van der Waals surface area contributed by atoms with Crippen LogP contribution in [0.5, 0.6) is 0 Å². The van der Waals surface area contributed by atoms with Crippen molar-refractivity contribution < 1.29 is 0 Å². The van der Waals surface area contributed by atoms with Crippen LogP contribution in [-0.2, 0) is 0 Å². The SMILES string of the molecule is CC1=CC2c3c(-c4ccc(N(c5ccccc5)c5ccccc5)cc4)ccc(-c4ccc(N(c5ccccc5)c5ccc(-c6ccc(N(c7ccccc7)c7ccccc7)cc6)cc5)cc4)c3C1CC2C(C)C.c1ccc(-c2ccccc2-c2c3ccccc3c(-c3cccc(-c4ccc5ccc6cccc7ccc4c5c67)c3)c3ccccc23)cc1. The molecule has 0 N–H and O–H groups in total. The fourth-order valence-corrected chi connectivity index (χ4v) is 19.9. The lowest BCUT2D eigenvalue weighted by Gasteiger charge is -2.46. The maximum Gasteiger partial charge on any atom is 0.0462 e. The summed E-state index contributed by atoms with van der Waals surface area (Å²) in [5, 5.41) is 13.0. The standard InChI is InChI=1S/C70H59N3.C48H30/c1-49(2)66-48-67-50(3)47-68(66)70-65(54-35-41-62(42-36-54)72(57-23-13-6-14-24-57)58-25-15-7-16-26-58)46-45-64(69(67)70)53-33-43-63(44-34-53)73(59-27-17-8-18-28-59)61-39-31-52(32-40-61)51-29-37-60(38-30-51)71(55-19-9-4-10-20-55)56-21-11-5-12-22-56;1-2-12-31(13-3-1)37-18-4-5-19-39(37)48-42-22-8-6-20-40(42)46(41-21-7-9-23-43(41)48)36-17-11-16-35(30-36)38-28-26-34-25-24-32-14-10-15-33-27-29-44(38)47(34)45(32)33/h4-47,49,66-68H,48H2,1-3H3;1-30H. The van der Waals surface area contributed by atoms with E-state index in [-0.39, 0.29) is 0 Å². The Kier molecular flexibility index (Phi) is 19.4. The first-order valence-electron chi connectivity index (χ1n) is 42.6. The summed E-state index contributed by atoms with van der Waals surface area (Å²) in [7, 11) is 0. The molecule has 0 saturated carbocycles. The Bertz CT molecular complexity index is 7020. The molecule has 3 atom stereocenters. The van der Waals surface area contributed by atoms with Gasteiger partial charge in [-0.15, -0.1) is 0 Å². The summed E-state index contributed by atoms with van der Waals surface area (Å²) in [5.41, 5.74) is 32.3. The number of hydrogen-bond acceptors (Lipinski definition) is 3. The third kappa shape index (κ3) is 13.6. The Labute approximate surface area is 709 Å². The van der Waals surface area contributed by atoms with E-state index in [1.807, 2.05) is 0 Å². The third-order valence-electron chi connectivity index (χ3n) is 25.5. The Hall–Kier alpha value is -14.9. The van der Waals surface area contributed by atoms with E-state index in [9.17, 15) is 0 Å². The smallest absolute Gasteiger partial charge is 0.0462 e. The molecule has 3 aliphatic rings. The van der Waals surface area contributed by atoms with Gasteiger partial charge in [-0.1, -0.05) is 353 Å². The van der Waals surface area contributed by atoms with E-state index < -0.39 is 0 Å². The van der Waals surface area contributed by atoms with Gasteiger partial charge < -0.3 is 14.7 Å². The zero-order chi connectivity index (χ0) is 80.9. The Morgan fingerprint density at radius 1 is 0.231 bits per heavy atom. The number of para-hydroxylation sites is 5. The molecule has 3 heteroatoms. The number of benzene rings is 20. The van der Waals surface area contributed by atoms with Gasteiger partial charge in [0.1, 0.15) is 0 Å². The second-order valence-electron chi connectivity index (χ2n) is 32.8. The molecule has 0 radical (unpaired) electrons. The summed E-state index contributed by atoms with van der Waals surface area (Å²) in [6, 6.07) is 162. The Morgan fingerprint density at radius 3 is 1.02 bits per heavy atom. The van der Waals surface area contributed by atoms with E-state index in [4.69, 9.17) is 0 Å². The van der Waals surface area contributed by atoms with Crippen molar-refractivity contribution in [3.63, 3.8) is 0 Å². The summed E-state index contributed by atoms with van der Waals surface area (Å²) in [5.74, 6) is 1.93. The molecule has 0 amide bonds. The lowest BCUT2D eigenvalue weighted by Crippen LogP contribution is -2.32. The minimum Gasteiger partial charge on any atom is -0.311 e. The first-order valence-corrected chi connectivity index (χ1v) is 42.6. The number of hydrogen-bond donors (Lipinski definition) is 0. The summed E-state index contributed by atoms with van der Waals surface area (Å²) in [4.78, 5) is 7.02. The third-order valence-corrected chi connectivity index (χ3v) is 25.5. The molecule has 3 nitrogen and oxygen atoms in total. The minimum atomic E-state index is 0.367. The van der Waals surface area contributed by atoms with Crippen molar-refractivity contribution in [2.75, 3.05) is 14.7 Å². The minimum absolute atomic E-state index is 0.367. The van der Waals surface area contributed by atoms with Crippen LogP contribution in [0.2, 0.25) is 0 Å². The number of fused-ring (bicyclic) bond motifs is 3. The van der Waals surface area contributed by atoms with Gasteiger partial charge in [-0.2, -0.15) is 0 Å². The molecule has 0 fully saturated rings. The highest BCUT2D eigenvalue weighted by Crippen LogP contribution is 2.59. The van der Waals surface area contributed by atoms with Crippen LogP contribution in [-0.4, -0.2) is 0 Å². The maximum atomic E-state index is 2.61. The van der Waals surface area contributed by atoms with Gasteiger partial charge in [0.15, 0.2) is 0 Å². The zero-order valence-electron chi connectivity index (χ0n) is 68.1. The molecule has 23 rings (SSSR count). The average Bonchev–Trinajstić information content (AvgIpc) is 0.720. The van der Waals surface area contributed by atoms with Crippen LogP contribution in [0.3, 0.4) is 0 Å². The predicted octanol–water partition coefficient (Wildman–Crippen LogP) is 33.5. The van der Waals surface area contributed by atoms with Crippen molar-refractivity contribution in [1.29, 1.82) is 0 Å². The summed E-state index contributed by atoms with van der Waals surface area (Å²) in [6.07, 6.45) is 3.80. The van der Waals surface area contributed by atoms with Crippen LogP contribution in [0.25, 0.3) is 132 Å². The largest absolute Gasteiger partial charge is 0.311 e. The van der Waals surface area contributed by atoms with E-state index in [2.05, 4.69) is 484 Å². The Morgan fingerprint density at radius 2 is 0.562 bits per heavy atom. The summed E-state index contributed by atoms with van der Waals surface area (Å²) < 4.78 is 0. The normalized spacial score (nSPS) is 14.1. The van der Waals surface area contributed by atoms with E-state index in [1.54, 1.807) is 0 Å². The lowest BCUT2D eigenvalue weighted by molar-refractivity contribution is 0.281. The van der Waals surface area contributed by atoms with Gasteiger partial charge >= 0.3 is 0 Å². The summed E-state index contributed by atoms with van der Waals surface area (Å²) >= 11 is 0. The fraction of sp³-hybridized carbons (Fsp3) is 0.0678. The predicted molar refractivity (Wildman–Crippen MR) is 516 cm³/mol. The van der Waals surface area contributed by atoms with Gasteiger partial charge in [0.25, 0.3) is 0 Å². The van der Waals surface area contributed by atoms with Crippen LogP contribution < -0.4 is 14.7 Å². The molecule has 2 bridgehead atoms. The van der Waals surface area contributed by atoms with E-state index in [0.29, 0.717) is 23.7 Å². The quantitative estimate of drug-likeness (QED) is 0.0511. The molecular weight excluding hydrogens is 1460 g/mol. The van der Waals surface area contributed by atoms with Crippen molar-refractivity contribution in [3.8, 4) is 77.9 Å². The van der Waals surface area contributed by atoms with Gasteiger partial charge in [0.05, 0.1) is 0 Å². The zero-order valence-corrected chi connectivity index (χ0v) is 68.1. The summed E-state index contributed by atoms with van der Waals surface area (Å²) in [6.45, 7) is 7.21. The van der Waals surface area contributed by atoms with Crippen molar-refractivity contribution in [1.82, 2.24) is 0 Å². The van der Waals surface area contributed by atoms with Crippen LogP contribution in [0.4, 0.5) is 51.2 Å². The van der Waals surface area contributed by atoms with Crippen molar-refractivity contribution in [2.24, 2.45) is 11.8 Å². The van der Waals surface area contributed by atoms with Crippen LogP contribution >= 0.6 is 0 Å². The van der Waals surface area contributed by atoms with Crippen molar-refractivity contribution in [3.05, 3.63) is 466 Å². The van der Waals surface area contributed by atoms with E-state index >= 15 is 0 Å². The van der Waals surface area contributed by atoms with Gasteiger partial charge in [0.2, 0.25) is 0 Å². The van der Waals surface area contributed by atoms with Gasteiger partial charge in [-0.25, -0.2) is 0 Å². The van der Waals surface area contributed by atoms with Crippen LogP contribution in [0.15, 0.2) is 454 Å². The van der Waals surface area contributed by atoms with E-state index in [0.717, 1.165) is 51.2 Å². The second kappa shape index (κ2) is 31.9. The van der Waals surface area contributed by atoms with Crippen LogP contribution in [0.1, 0.15) is 50.2 Å². The van der Waals surface area contributed by atoms with Gasteiger partial charge in [-0.3, -0.25) is 0 Å². The topological polar surface area (TPSA) is 9.72 Å². The number of allylic oxidation sites excluding steroid dienone is 2. The molecule has 3 aliphatic carbocycles. The highest BCUT2D eigenvalue weighted by Gasteiger charge is 2.43. The monoisotopic (exact) mass is 1550 g/mol. The number of rotatable bonds is 17. The van der Waals surface area contributed by atoms with E-state index in [1.165, 1.54) is 155 Å². The van der Waals surface area contributed by atoms with Crippen LogP contribution in [0, 0.1) is 11.8 Å². The first kappa shape index (κ1) is 73.7. The lowest BCUT2D eigenvalue weighted by atomic mass is 9.58. The molecular formula is C118H89N3. The van der Waals surface area contributed by atoms with Gasteiger partial charge in [0, 0.05) is 63.0 Å².